The molecule has 6 nitrogen and oxygen atoms in total. The zero-order valence-corrected chi connectivity index (χ0v) is 22.2. The van der Waals surface area contributed by atoms with E-state index in [1.54, 1.807) is 11.8 Å². The van der Waals surface area contributed by atoms with Crippen molar-refractivity contribution in [1.29, 1.82) is 10.8 Å². The van der Waals surface area contributed by atoms with E-state index in [1.165, 1.54) is 0 Å². The van der Waals surface area contributed by atoms with Gasteiger partial charge in [0, 0.05) is 23.2 Å². The van der Waals surface area contributed by atoms with Crippen LogP contribution in [0.4, 0.5) is 17.1 Å². The molecular weight excluding hydrogens is 447 g/mol. The van der Waals surface area contributed by atoms with E-state index in [9.17, 15) is 0 Å². The van der Waals surface area contributed by atoms with Gasteiger partial charge in [-0.2, -0.15) is 0 Å². The number of hydrogen-bond donors (Lipinski definition) is 2. The molecule has 4 rings (SSSR count). The van der Waals surface area contributed by atoms with Gasteiger partial charge in [-0.25, -0.2) is 0 Å². The monoisotopic (exact) mass is 482 g/mol. The molecule has 0 spiro atoms. The molecular formula is C26H36BClN4O2. The summed E-state index contributed by atoms with van der Waals surface area (Å²) in [5.41, 5.74) is 2.71. The molecule has 2 aliphatic rings. The first-order chi connectivity index (χ1) is 15.9. The molecule has 0 aliphatic carbocycles. The van der Waals surface area contributed by atoms with Gasteiger partial charge in [0.05, 0.1) is 22.6 Å². The summed E-state index contributed by atoms with van der Waals surface area (Å²) < 4.78 is 12.6. The van der Waals surface area contributed by atoms with Crippen LogP contribution in [0.1, 0.15) is 55.4 Å². The second-order valence-electron chi connectivity index (χ2n) is 9.63. The summed E-state index contributed by atoms with van der Waals surface area (Å²) in [5.74, 6) is 0.627. The molecule has 0 bridgehead atoms. The third kappa shape index (κ3) is 4.74. The van der Waals surface area contributed by atoms with E-state index >= 15 is 0 Å². The van der Waals surface area contributed by atoms with E-state index in [0.29, 0.717) is 23.2 Å². The zero-order valence-electron chi connectivity index (χ0n) is 21.5. The lowest BCUT2D eigenvalue weighted by Crippen LogP contribution is -2.41. The Labute approximate surface area is 209 Å². The minimum Gasteiger partial charge on any atom is -0.399 e. The number of halogens is 1. The lowest BCUT2D eigenvalue weighted by Gasteiger charge is -2.32. The summed E-state index contributed by atoms with van der Waals surface area (Å²) in [5, 5.41) is 17.8. The van der Waals surface area contributed by atoms with Gasteiger partial charge in [-0.05, 0) is 76.5 Å². The summed E-state index contributed by atoms with van der Waals surface area (Å²) in [7, 11) is -0.493. The summed E-state index contributed by atoms with van der Waals surface area (Å²) in [6.45, 7) is 16.5. The lowest BCUT2D eigenvalue weighted by molar-refractivity contribution is 0.00578. The van der Waals surface area contributed by atoms with Crippen molar-refractivity contribution in [3.05, 3.63) is 47.5 Å². The zero-order chi connectivity index (χ0) is 25.4. The Morgan fingerprint density at radius 2 is 1.56 bits per heavy atom. The number of benzene rings is 2. The maximum Gasteiger partial charge on any atom is 0.494 e. The summed E-state index contributed by atoms with van der Waals surface area (Å²) in [6.07, 6.45) is 0. The highest BCUT2D eigenvalue weighted by atomic mass is 35.5. The first kappa shape index (κ1) is 26.3. The summed E-state index contributed by atoms with van der Waals surface area (Å²) in [6, 6.07) is 13.7. The molecule has 0 unspecified atom stereocenters. The van der Waals surface area contributed by atoms with Gasteiger partial charge in [0.15, 0.2) is 0 Å². The van der Waals surface area contributed by atoms with Crippen molar-refractivity contribution in [3.63, 3.8) is 0 Å². The predicted octanol–water partition coefficient (Wildman–Crippen LogP) is 6.23. The topological polar surface area (TPSA) is 72.6 Å². The molecule has 0 saturated carbocycles. The van der Waals surface area contributed by atoms with Crippen LogP contribution in [0.3, 0.4) is 0 Å². The van der Waals surface area contributed by atoms with Gasteiger partial charge in [-0.15, -0.1) is 0 Å². The molecule has 34 heavy (non-hydrogen) atoms. The van der Waals surface area contributed by atoms with Gasteiger partial charge in [0.1, 0.15) is 11.7 Å². The van der Waals surface area contributed by atoms with Crippen molar-refractivity contribution in [2.24, 2.45) is 5.92 Å². The molecule has 2 N–H and O–H groups in total. The average molecular weight is 483 g/mol. The standard InChI is InChI=1S/C24H30BClN4O2.C2H6/c1-15-14-29(19-10-8-18(26)9-11-19)21-13-17(25-31-23(3,4)24(5,6)32-25)7-12-20(21)30(16(2)27)22(15)28;1-2/h7-13,15,27-28H,14H2,1-6H3;1-2H3/t15-;/m1./s1. The second kappa shape index (κ2) is 9.72. The predicted molar refractivity (Wildman–Crippen MR) is 145 cm³/mol. The fourth-order valence-corrected chi connectivity index (χ4v) is 4.23. The number of nitrogens with zero attached hydrogens (tertiary/aromatic N) is 2. The molecule has 0 aromatic heterocycles. The minimum atomic E-state index is -0.493. The van der Waals surface area contributed by atoms with E-state index < -0.39 is 18.3 Å². The van der Waals surface area contributed by atoms with Crippen LogP contribution in [-0.2, 0) is 9.31 Å². The molecule has 1 fully saturated rings. The Balaban J connectivity index is 0.00000158. The number of amidine groups is 2. The Morgan fingerprint density at radius 3 is 2.09 bits per heavy atom. The molecule has 2 aromatic rings. The van der Waals surface area contributed by atoms with Crippen LogP contribution < -0.4 is 15.3 Å². The van der Waals surface area contributed by atoms with Crippen molar-refractivity contribution >= 4 is 52.9 Å². The molecule has 2 aliphatic heterocycles. The van der Waals surface area contributed by atoms with Crippen LogP contribution in [-0.4, -0.2) is 36.5 Å². The summed E-state index contributed by atoms with van der Waals surface area (Å²) >= 11 is 6.14. The van der Waals surface area contributed by atoms with Crippen LogP contribution in [0.2, 0.25) is 5.02 Å². The largest absolute Gasteiger partial charge is 0.494 e. The maximum absolute atomic E-state index is 8.75. The van der Waals surface area contributed by atoms with Gasteiger partial charge in [0.25, 0.3) is 0 Å². The number of nitrogens with one attached hydrogen (secondary N) is 2. The van der Waals surface area contributed by atoms with Crippen LogP contribution in [0.15, 0.2) is 42.5 Å². The molecule has 2 aromatic carbocycles. The fourth-order valence-electron chi connectivity index (χ4n) is 4.11. The highest BCUT2D eigenvalue weighted by Gasteiger charge is 2.52. The van der Waals surface area contributed by atoms with Crippen LogP contribution >= 0.6 is 11.6 Å². The van der Waals surface area contributed by atoms with Gasteiger partial charge < -0.3 is 14.2 Å². The van der Waals surface area contributed by atoms with Gasteiger partial charge in [-0.3, -0.25) is 15.7 Å². The molecule has 0 amide bonds. The molecule has 182 valence electrons. The van der Waals surface area contributed by atoms with Gasteiger partial charge >= 0.3 is 7.12 Å². The van der Waals surface area contributed by atoms with Crippen molar-refractivity contribution in [1.82, 2.24) is 0 Å². The van der Waals surface area contributed by atoms with Crippen LogP contribution in [0.5, 0.6) is 0 Å². The van der Waals surface area contributed by atoms with E-state index in [2.05, 4.69) is 11.0 Å². The number of rotatable bonds is 2. The lowest BCUT2D eigenvalue weighted by atomic mass is 9.78. The molecule has 8 heteroatoms. The quantitative estimate of drug-likeness (QED) is 0.302. The van der Waals surface area contributed by atoms with Gasteiger partial charge in [0.2, 0.25) is 0 Å². The maximum atomic E-state index is 8.75. The Morgan fingerprint density at radius 1 is 1.00 bits per heavy atom. The molecule has 1 atom stereocenters. The van der Waals surface area contributed by atoms with E-state index in [4.69, 9.17) is 31.7 Å². The van der Waals surface area contributed by atoms with Crippen molar-refractivity contribution in [3.8, 4) is 0 Å². The van der Waals surface area contributed by atoms with Crippen molar-refractivity contribution < 1.29 is 9.31 Å². The average Bonchev–Trinajstić information content (AvgIpc) is 2.93. The van der Waals surface area contributed by atoms with E-state index in [1.807, 2.05) is 84.9 Å². The molecule has 0 radical (unpaired) electrons. The van der Waals surface area contributed by atoms with E-state index in [-0.39, 0.29) is 5.92 Å². The highest BCUT2D eigenvalue weighted by Crippen LogP contribution is 2.40. The number of anilines is 3. The summed E-state index contributed by atoms with van der Waals surface area (Å²) in [4.78, 5) is 3.90. The van der Waals surface area contributed by atoms with Crippen molar-refractivity contribution in [2.45, 2.75) is 66.6 Å². The first-order valence-electron chi connectivity index (χ1n) is 11.9. The first-order valence-corrected chi connectivity index (χ1v) is 12.3. The smallest absolute Gasteiger partial charge is 0.399 e. The number of hydrogen-bond acceptors (Lipinski definition) is 5. The Kier molecular flexibility index (Phi) is 7.51. The Bertz CT molecular complexity index is 1050. The second-order valence-corrected chi connectivity index (χ2v) is 10.1. The normalized spacial score (nSPS) is 20.9. The van der Waals surface area contributed by atoms with Crippen LogP contribution in [0.25, 0.3) is 0 Å². The third-order valence-corrected chi connectivity index (χ3v) is 6.95. The molecule has 2 heterocycles. The van der Waals surface area contributed by atoms with Crippen molar-refractivity contribution in [2.75, 3.05) is 16.3 Å². The third-order valence-electron chi connectivity index (χ3n) is 6.69. The van der Waals surface area contributed by atoms with E-state index in [0.717, 1.165) is 22.5 Å². The number of fused-ring (bicyclic) bond motifs is 1. The van der Waals surface area contributed by atoms with Crippen LogP contribution in [0, 0.1) is 16.7 Å². The minimum absolute atomic E-state index is 0.0846. The highest BCUT2D eigenvalue weighted by molar-refractivity contribution is 6.62. The van der Waals surface area contributed by atoms with Gasteiger partial charge in [-0.1, -0.05) is 38.4 Å². The fraction of sp³-hybridized carbons (Fsp3) is 0.462. The SMILES string of the molecule is CC.CC(=N)N1C(=N)[C@H](C)CN(c2ccc(Cl)cc2)c2cc(B3OC(C)(C)C(C)(C)O3)ccc21. The molecule has 1 saturated heterocycles. The Hall–Kier alpha value is -2.35.